The van der Waals surface area contributed by atoms with Crippen molar-refractivity contribution in [3.8, 4) is 6.07 Å². The number of hydrogen-bond acceptors (Lipinski definition) is 4. The first-order valence-corrected chi connectivity index (χ1v) is 6.07. The molecule has 0 saturated carbocycles. The molecule has 0 aromatic rings. The zero-order chi connectivity index (χ0) is 11.5. The van der Waals surface area contributed by atoms with Gasteiger partial charge in [0.25, 0.3) is 0 Å². The van der Waals surface area contributed by atoms with Gasteiger partial charge >= 0.3 is 0 Å². The van der Waals surface area contributed by atoms with E-state index in [1.807, 2.05) is 6.07 Å². The van der Waals surface area contributed by atoms with E-state index in [0.717, 1.165) is 32.7 Å². The van der Waals surface area contributed by atoms with Crippen LogP contribution in [0.25, 0.3) is 0 Å². The fourth-order valence-electron chi connectivity index (χ4n) is 1.67. The lowest BCUT2D eigenvalue weighted by molar-refractivity contribution is 0.0482. The van der Waals surface area contributed by atoms with Crippen molar-refractivity contribution in [1.82, 2.24) is 0 Å². The third kappa shape index (κ3) is 6.78. The topological polar surface area (TPSA) is 51.5 Å². The Hall–Kier alpha value is -0.630. The molecule has 92 valence electrons. The van der Waals surface area contributed by atoms with Crippen LogP contribution < -0.4 is 0 Å². The van der Waals surface area contributed by atoms with Gasteiger partial charge in [0, 0.05) is 26.4 Å². The fraction of sp³-hybridized carbons (Fsp3) is 0.917. The van der Waals surface area contributed by atoms with Gasteiger partial charge in [-0.3, -0.25) is 0 Å². The van der Waals surface area contributed by atoms with Gasteiger partial charge in [0.15, 0.2) is 0 Å². The van der Waals surface area contributed by atoms with Crippen LogP contribution in [0.2, 0.25) is 0 Å². The van der Waals surface area contributed by atoms with E-state index in [9.17, 15) is 0 Å². The number of rotatable bonds is 9. The summed E-state index contributed by atoms with van der Waals surface area (Å²) in [6.45, 7) is 3.65. The first-order valence-electron chi connectivity index (χ1n) is 6.07. The monoisotopic (exact) mass is 227 g/mol. The second-order valence-electron chi connectivity index (χ2n) is 3.91. The van der Waals surface area contributed by atoms with E-state index in [2.05, 4.69) is 0 Å². The molecule has 0 aromatic carbocycles. The van der Waals surface area contributed by atoms with Gasteiger partial charge in [-0.15, -0.1) is 0 Å². The lowest BCUT2D eigenvalue weighted by atomic mass is 10.2. The van der Waals surface area contributed by atoms with E-state index >= 15 is 0 Å². The smallest absolute Gasteiger partial charge is 0.0645 e. The van der Waals surface area contributed by atoms with Gasteiger partial charge in [0.05, 0.1) is 25.2 Å². The Morgan fingerprint density at radius 3 is 2.69 bits per heavy atom. The van der Waals surface area contributed by atoms with Crippen molar-refractivity contribution >= 4 is 0 Å². The van der Waals surface area contributed by atoms with Crippen molar-refractivity contribution in [3.05, 3.63) is 0 Å². The molecule has 4 heteroatoms. The molecule has 0 radical (unpaired) electrons. The predicted molar refractivity (Wildman–Crippen MR) is 60.1 cm³/mol. The maximum atomic E-state index is 8.28. The number of nitriles is 1. The molecule has 16 heavy (non-hydrogen) atoms. The van der Waals surface area contributed by atoms with Gasteiger partial charge in [-0.2, -0.15) is 5.26 Å². The van der Waals surface area contributed by atoms with Gasteiger partial charge in [-0.05, 0) is 25.7 Å². The molecule has 0 aliphatic carbocycles. The predicted octanol–water partition coefficient (Wildman–Crippen LogP) is 1.89. The summed E-state index contributed by atoms with van der Waals surface area (Å²) in [7, 11) is 0. The summed E-state index contributed by atoms with van der Waals surface area (Å²) in [6, 6.07) is 2.04. The van der Waals surface area contributed by atoms with Gasteiger partial charge in [0.2, 0.25) is 0 Å². The summed E-state index contributed by atoms with van der Waals surface area (Å²) in [5.41, 5.74) is 0. The Balaban J connectivity index is 1.73. The highest BCUT2D eigenvalue weighted by Gasteiger charge is 2.14. The van der Waals surface area contributed by atoms with Crippen molar-refractivity contribution in [2.24, 2.45) is 0 Å². The standard InChI is InChI=1S/C12H21NO3/c13-6-2-7-14-8-3-9-15-11-5-12-4-1-10-16-12/h12H,1-5,7-11H2. The third-order valence-corrected chi connectivity index (χ3v) is 2.54. The van der Waals surface area contributed by atoms with Gasteiger partial charge in [-0.25, -0.2) is 0 Å². The average Bonchev–Trinajstić information content (AvgIpc) is 2.80. The minimum atomic E-state index is 0.423. The summed E-state index contributed by atoms with van der Waals surface area (Å²) in [5, 5.41) is 8.28. The van der Waals surface area contributed by atoms with E-state index in [1.165, 1.54) is 12.8 Å². The molecule has 1 saturated heterocycles. The fourth-order valence-corrected chi connectivity index (χ4v) is 1.67. The number of nitrogens with zero attached hydrogens (tertiary/aromatic N) is 1. The summed E-state index contributed by atoms with van der Waals surface area (Å²) in [6.07, 6.45) is 5.18. The second-order valence-corrected chi connectivity index (χ2v) is 3.91. The van der Waals surface area contributed by atoms with Crippen molar-refractivity contribution in [2.75, 3.05) is 33.0 Å². The normalized spacial score (nSPS) is 19.8. The second kappa shape index (κ2) is 9.59. The van der Waals surface area contributed by atoms with Crippen LogP contribution in [0.3, 0.4) is 0 Å². The highest BCUT2D eigenvalue weighted by molar-refractivity contribution is 4.67. The highest BCUT2D eigenvalue weighted by atomic mass is 16.5. The quantitative estimate of drug-likeness (QED) is 0.564. The van der Waals surface area contributed by atoms with Crippen LogP contribution >= 0.6 is 0 Å². The Kier molecular flexibility index (Phi) is 8.05. The van der Waals surface area contributed by atoms with Crippen LogP contribution in [-0.4, -0.2) is 39.1 Å². The zero-order valence-electron chi connectivity index (χ0n) is 9.82. The molecular formula is C12H21NO3. The number of ether oxygens (including phenoxy) is 3. The Labute approximate surface area is 97.5 Å². The van der Waals surface area contributed by atoms with E-state index < -0.39 is 0 Å². The lowest BCUT2D eigenvalue weighted by Gasteiger charge is -2.09. The molecule has 4 nitrogen and oxygen atoms in total. The summed E-state index contributed by atoms with van der Waals surface area (Å²) >= 11 is 0. The molecule has 1 aliphatic rings. The van der Waals surface area contributed by atoms with Crippen LogP contribution in [0.1, 0.15) is 32.1 Å². The minimum absolute atomic E-state index is 0.423. The molecular weight excluding hydrogens is 206 g/mol. The molecule has 1 atom stereocenters. The number of hydrogen-bond donors (Lipinski definition) is 0. The van der Waals surface area contributed by atoms with Crippen LogP contribution in [-0.2, 0) is 14.2 Å². The van der Waals surface area contributed by atoms with Gasteiger partial charge in [-0.1, -0.05) is 0 Å². The van der Waals surface area contributed by atoms with Crippen molar-refractivity contribution in [3.63, 3.8) is 0 Å². The maximum Gasteiger partial charge on any atom is 0.0645 e. The van der Waals surface area contributed by atoms with E-state index in [4.69, 9.17) is 19.5 Å². The molecule has 0 N–H and O–H groups in total. The van der Waals surface area contributed by atoms with Gasteiger partial charge in [0.1, 0.15) is 0 Å². The molecule has 0 amide bonds. The molecule has 1 aliphatic heterocycles. The maximum absolute atomic E-state index is 8.28. The average molecular weight is 227 g/mol. The van der Waals surface area contributed by atoms with Crippen molar-refractivity contribution < 1.29 is 14.2 Å². The van der Waals surface area contributed by atoms with Crippen molar-refractivity contribution in [1.29, 1.82) is 5.26 Å². The lowest BCUT2D eigenvalue weighted by Crippen LogP contribution is -2.10. The summed E-state index contributed by atoms with van der Waals surface area (Å²) < 4.78 is 16.2. The Bertz CT molecular complexity index is 197. The summed E-state index contributed by atoms with van der Waals surface area (Å²) in [4.78, 5) is 0. The Morgan fingerprint density at radius 1 is 1.19 bits per heavy atom. The molecule has 1 unspecified atom stereocenters. The molecule has 1 rings (SSSR count). The minimum Gasteiger partial charge on any atom is -0.381 e. The van der Waals surface area contributed by atoms with Crippen LogP contribution in [0.4, 0.5) is 0 Å². The summed E-state index contributed by atoms with van der Waals surface area (Å²) in [5.74, 6) is 0. The van der Waals surface area contributed by atoms with Crippen LogP contribution in [0.5, 0.6) is 0 Å². The molecule has 1 heterocycles. The van der Waals surface area contributed by atoms with E-state index in [0.29, 0.717) is 25.7 Å². The largest absolute Gasteiger partial charge is 0.381 e. The van der Waals surface area contributed by atoms with Crippen LogP contribution in [0, 0.1) is 11.3 Å². The van der Waals surface area contributed by atoms with E-state index in [-0.39, 0.29) is 0 Å². The highest BCUT2D eigenvalue weighted by Crippen LogP contribution is 2.14. The zero-order valence-corrected chi connectivity index (χ0v) is 9.82. The van der Waals surface area contributed by atoms with Crippen LogP contribution in [0.15, 0.2) is 0 Å². The first kappa shape index (κ1) is 13.4. The molecule has 1 fully saturated rings. The third-order valence-electron chi connectivity index (χ3n) is 2.54. The molecule has 0 spiro atoms. The molecule has 0 aromatic heterocycles. The Morgan fingerprint density at radius 2 is 2.00 bits per heavy atom. The van der Waals surface area contributed by atoms with Gasteiger partial charge < -0.3 is 14.2 Å². The SMILES string of the molecule is N#CCCOCCCOCCC1CCCO1. The first-order chi connectivity index (χ1) is 7.93. The van der Waals surface area contributed by atoms with Crippen molar-refractivity contribution in [2.45, 2.75) is 38.2 Å². The molecule has 0 bridgehead atoms. The van der Waals surface area contributed by atoms with E-state index in [1.54, 1.807) is 0 Å².